The molecule has 0 fully saturated rings. The molecule has 0 saturated heterocycles. The highest BCUT2D eigenvalue weighted by molar-refractivity contribution is 7.12. The molecule has 21 heavy (non-hydrogen) atoms. The number of aromatic hydroxyl groups is 1. The number of amides is 1. The van der Waals surface area contributed by atoms with E-state index in [-0.39, 0.29) is 11.7 Å². The first-order valence-electron chi connectivity index (χ1n) is 6.21. The zero-order valence-corrected chi connectivity index (χ0v) is 12.7. The van der Waals surface area contributed by atoms with E-state index in [4.69, 9.17) is 4.74 Å². The van der Waals surface area contributed by atoms with Crippen molar-refractivity contribution in [3.63, 3.8) is 0 Å². The predicted molar refractivity (Wildman–Crippen MR) is 81.2 cm³/mol. The molecule has 0 saturated carbocycles. The van der Waals surface area contributed by atoms with Gasteiger partial charge in [-0.3, -0.25) is 4.79 Å². The molecule has 110 valence electrons. The molecular weight excluding hydrogens is 290 g/mol. The number of carbonyl (C=O) groups excluding carboxylic acids is 2. The average Bonchev–Trinajstić information content (AvgIpc) is 2.79. The van der Waals surface area contributed by atoms with Gasteiger partial charge < -0.3 is 15.2 Å². The number of thiophene rings is 1. The van der Waals surface area contributed by atoms with Gasteiger partial charge in [-0.15, -0.1) is 11.3 Å². The Morgan fingerprint density at radius 1 is 1.24 bits per heavy atom. The summed E-state index contributed by atoms with van der Waals surface area (Å²) in [5.74, 6) is -0.712. The maximum Gasteiger partial charge on any atom is 0.350 e. The minimum absolute atomic E-state index is 0.103. The Hall–Kier alpha value is -2.34. The molecular formula is C15H15NO4S. The van der Waals surface area contributed by atoms with E-state index in [0.29, 0.717) is 21.7 Å². The van der Waals surface area contributed by atoms with Crippen LogP contribution in [0.25, 0.3) is 0 Å². The second-order valence-corrected chi connectivity index (χ2v) is 5.45. The third-order valence-electron chi connectivity index (χ3n) is 3.04. The summed E-state index contributed by atoms with van der Waals surface area (Å²) in [5, 5.41) is 13.9. The number of aryl methyl sites for hydroxylation is 2. The van der Waals surface area contributed by atoms with Gasteiger partial charge in [0, 0.05) is 5.56 Å². The molecule has 0 bridgehead atoms. The summed E-state index contributed by atoms with van der Waals surface area (Å²) < 4.78 is 4.70. The molecule has 1 amide bonds. The summed E-state index contributed by atoms with van der Waals surface area (Å²) in [6.45, 7) is 3.54. The number of nitrogens with one attached hydrogen (secondary N) is 1. The van der Waals surface area contributed by atoms with Crippen LogP contribution in [0.15, 0.2) is 23.6 Å². The van der Waals surface area contributed by atoms with Crippen molar-refractivity contribution in [2.24, 2.45) is 0 Å². The molecule has 2 N–H and O–H groups in total. The van der Waals surface area contributed by atoms with Crippen LogP contribution in [-0.4, -0.2) is 24.1 Å². The highest BCUT2D eigenvalue weighted by atomic mass is 32.1. The Morgan fingerprint density at radius 2 is 1.95 bits per heavy atom. The van der Waals surface area contributed by atoms with E-state index in [9.17, 15) is 14.7 Å². The fourth-order valence-corrected chi connectivity index (χ4v) is 2.85. The Labute approximate surface area is 126 Å². The Bertz CT molecular complexity index is 706. The summed E-state index contributed by atoms with van der Waals surface area (Å²) in [6, 6.07) is 4.50. The van der Waals surface area contributed by atoms with Gasteiger partial charge in [0.05, 0.1) is 12.8 Å². The molecule has 0 aliphatic heterocycles. The third-order valence-corrected chi connectivity index (χ3v) is 4.12. The van der Waals surface area contributed by atoms with E-state index in [1.807, 2.05) is 6.92 Å². The van der Waals surface area contributed by atoms with Gasteiger partial charge in [-0.2, -0.15) is 0 Å². The van der Waals surface area contributed by atoms with E-state index in [1.165, 1.54) is 30.6 Å². The summed E-state index contributed by atoms with van der Waals surface area (Å²) in [4.78, 5) is 24.4. The minimum Gasteiger partial charge on any atom is -0.508 e. The van der Waals surface area contributed by atoms with Gasteiger partial charge in [-0.25, -0.2) is 4.79 Å². The first kappa shape index (κ1) is 15.1. The zero-order valence-electron chi connectivity index (χ0n) is 11.9. The maximum absolute atomic E-state index is 12.3. The molecule has 1 aromatic heterocycles. The summed E-state index contributed by atoms with van der Waals surface area (Å²) in [7, 11) is 1.30. The largest absolute Gasteiger partial charge is 0.508 e. The molecule has 0 aliphatic carbocycles. The van der Waals surface area contributed by atoms with Crippen molar-refractivity contribution < 1.29 is 19.4 Å². The molecule has 5 nitrogen and oxygen atoms in total. The Morgan fingerprint density at radius 3 is 2.57 bits per heavy atom. The fourth-order valence-electron chi connectivity index (χ4n) is 1.93. The number of methoxy groups -OCH3 is 1. The molecule has 6 heteroatoms. The number of hydrogen-bond donors (Lipinski definition) is 2. The molecule has 0 spiro atoms. The number of ether oxygens (including phenoxy) is 1. The highest BCUT2D eigenvalue weighted by Crippen LogP contribution is 2.29. The molecule has 0 radical (unpaired) electrons. The van der Waals surface area contributed by atoms with E-state index in [0.717, 1.165) is 5.56 Å². The average molecular weight is 305 g/mol. The van der Waals surface area contributed by atoms with Crippen LogP contribution in [0.3, 0.4) is 0 Å². The molecule has 2 aromatic rings. The predicted octanol–water partition coefficient (Wildman–Crippen LogP) is 3.11. The van der Waals surface area contributed by atoms with Crippen LogP contribution in [0.5, 0.6) is 5.75 Å². The zero-order chi connectivity index (χ0) is 15.6. The van der Waals surface area contributed by atoms with Crippen LogP contribution >= 0.6 is 11.3 Å². The number of anilines is 1. The molecule has 0 aliphatic rings. The number of phenols is 1. The first-order valence-corrected chi connectivity index (χ1v) is 7.09. The van der Waals surface area contributed by atoms with E-state index in [1.54, 1.807) is 18.4 Å². The van der Waals surface area contributed by atoms with Crippen molar-refractivity contribution in [1.29, 1.82) is 0 Å². The second-order valence-electron chi connectivity index (χ2n) is 4.57. The fraction of sp³-hybridized carbons (Fsp3) is 0.200. The smallest absolute Gasteiger partial charge is 0.350 e. The van der Waals surface area contributed by atoms with Crippen LogP contribution in [-0.2, 0) is 4.74 Å². The standard InChI is InChI=1S/C15H15NO4S/c1-8-6-10(17)4-5-11(8)14(18)16-12-9(2)7-21-13(12)15(19)20-3/h4-7,17H,1-3H3,(H,16,18). The maximum atomic E-state index is 12.3. The van der Waals surface area contributed by atoms with Crippen LogP contribution in [0, 0.1) is 13.8 Å². The molecule has 1 aromatic carbocycles. The topological polar surface area (TPSA) is 75.6 Å². The van der Waals surface area contributed by atoms with Crippen molar-refractivity contribution in [3.05, 3.63) is 45.1 Å². The summed E-state index contributed by atoms with van der Waals surface area (Å²) in [6.07, 6.45) is 0. The van der Waals surface area contributed by atoms with E-state index < -0.39 is 5.97 Å². The van der Waals surface area contributed by atoms with Crippen LogP contribution < -0.4 is 5.32 Å². The lowest BCUT2D eigenvalue weighted by atomic mass is 10.1. The Kier molecular flexibility index (Phi) is 4.28. The summed E-state index contributed by atoms with van der Waals surface area (Å²) >= 11 is 1.22. The van der Waals surface area contributed by atoms with Crippen LogP contribution in [0.2, 0.25) is 0 Å². The van der Waals surface area contributed by atoms with Crippen molar-refractivity contribution in [1.82, 2.24) is 0 Å². The lowest BCUT2D eigenvalue weighted by Crippen LogP contribution is -2.15. The Balaban J connectivity index is 2.32. The molecule has 2 rings (SSSR count). The number of carbonyl (C=O) groups is 2. The quantitative estimate of drug-likeness (QED) is 0.854. The number of phenolic OH excluding ortho intramolecular Hbond substituents is 1. The van der Waals surface area contributed by atoms with Gasteiger partial charge in [0.15, 0.2) is 0 Å². The lowest BCUT2D eigenvalue weighted by Gasteiger charge is -2.09. The van der Waals surface area contributed by atoms with Crippen molar-refractivity contribution >= 4 is 28.9 Å². The van der Waals surface area contributed by atoms with Gasteiger partial charge >= 0.3 is 5.97 Å². The molecule has 0 atom stereocenters. The van der Waals surface area contributed by atoms with Crippen LogP contribution in [0.1, 0.15) is 31.2 Å². The van der Waals surface area contributed by atoms with Crippen molar-refractivity contribution in [2.45, 2.75) is 13.8 Å². The van der Waals surface area contributed by atoms with E-state index in [2.05, 4.69) is 5.32 Å². The first-order chi connectivity index (χ1) is 9.93. The van der Waals surface area contributed by atoms with E-state index >= 15 is 0 Å². The van der Waals surface area contributed by atoms with Gasteiger partial charge in [0.1, 0.15) is 10.6 Å². The molecule has 0 unspecified atom stereocenters. The summed E-state index contributed by atoms with van der Waals surface area (Å²) in [5.41, 5.74) is 2.35. The lowest BCUT2D eigenvalue weighted by molar-refractivity contribution is 0.0607. The van der Waals surface area contributed by atoms with Gasteiger partial charge in [0.25, 0.3) is 5.91 Å². The minimum atomic E-state index is -0.481. The normalized spacial score (nSPS) is 10.2. The van der Waals surface area contributed by atoms with Gasteiger partial charge in [-0.05, 0) is 48.6 Å². The van der Waals surface area contributed by atoms with Crippen LogP contribution in [0.4, 0.5) is 5.69 Å². The third kappa shape index (κ3) is 3.05. The molecule has 1 heterocycles. The number of hydrogen-bond acceptors (Lipinski definition) is 5. The highest BCUT2D eigenvalue weighted by Gasteiger charge is 2.19. The number of esters is 1. The second kappa shape index (κ2) is 5.97. The SMILES string of the molecule is COC(=O)c1scc(C)c1NC(=O)c1ccc(O)cc1C. The van der Waals surface area contributed by atoms with Gasteiger partial charge in [0.2, 0.25) is 0 Å². The van der Waals surface area contributed by atoms with Gasteiger partial charge in [-0.1, -0.05) is 0 Å². The number of rotatable bonds is 3. The monoisotopic (exact) mass is 305 g/mol. The van der Waals surface area contributed by atoms with Crippen molar-refractivity contribution in [2.75, 3.05) is 12.4 Å². The van der Waals surface area contributed by atoms with Crippen molar-refractivity contribution in [3.8, 4) is 5.75 Å². The number of benzene rings is 1.